The minimum absolute atomic E-state index is 0.471. The number of rotatable bonds is 3. The van der Waals surface area contributed by atoms with E-state index >= 15 is 0 Å². The lowest BCUT2D eigenvalue weighted by Gasteiger charge is -2.06. The molecule has 0 saturated heterocycles. The van der Waals surface area contributed by atoms with Gasteiger partial charge in [-0.1, -0.05) is 28.9 Å². The van der Waals surface area contributed by atoms with Gasteiger partial charge in [0.25, 0.3) is 0 Å². The maximum atomic E-state index is 5.24. The Kier molecular flexibility index (Phi) is 2.90. The van der Waals surface area contributed by atoms with Gasteiger partial charge in [-0.2, -0.15) is 0 Å². The first-order chi connectivity index (χ1) is 7.65. The molecule has 0 bridgehead atoms. The van der Waals surface area contributed by atoms with Gasteiger partial charge in [-0.3, -0.25) is 0 Å². The molecule has 84 valence electrons. The highest BCUT2D eigenvalue weighted by Gasteiger charge is 2.03. The first kappa shape index (κ1) is 10.7. The Morgan fingerprint density at radius 3 is 2.69 bits per heavy atom. The van der Waals surface area contributed by atoms with Crippen LogP contribution in [0.2, 0.25) is 0 Å². The second-order valence-electron chi connectivity index (χ2n) is 3.91. The molecule has 2 rings (SSSR count). The van der Waals surface area contributed by atoms with Crippen LogP contribution in [0.5, 0.6) is 0 Å². The second kappa shape index (κ2) is 4.35. The third-order valence-corrected chi connectivity index (χ3v) is 2.46. The van der Waals surface area contributed by atoms with Crippen molar-refractivity contribution in [2.75, 3.05) is 5.32 Å². The van der Waals surface area contributed by atoms with E-state index < -0.39 is 0 Å². The van der Waals surface area contributed by atoms with E-state index in [0.717, 1.165) is 0 Å². The third-order valence-electron chi connectivity index (χ3n) is 2.46. The van der Waals surface area contributed by atoms with E-state index in [1.807, 2.05) is 0 Å². The van der Waals surface area contributed by atoms with Gasteiger partial charge >= 0.3 is 6.01 Å². The van der Waals surface area contributed by atoms with Crippen LogP contribution in [-0.4, -0.2) is 10.2 Å². The van der Waals surface area contributed by atoms with Gasteiger partial charge in [0.2, 0.25) is 5.89 Å². The highest BCUT2D eigenvalue weighted by molar-refractivity contribution is 5.33. The summed E-state index contributed by atoms with van der Waals surface area (Å²) in [6.07, 6.45) is 0. The standard InChI is InChI=1S/C12H15N3O/c1-8-4-5-9(2)11(6-8)7-13-12-15-14-10(3)16-12/h4-6H,7H2,1-3H3,(H,13,15). The first-order valence-corrected chi connectivity index (χ1v) is 5.25. The van der Waals surface area contributed by atoms with Crippen LogP contribution in [0.4, 0.5) is 6.01 Å². The molecule has 0 spiro atoms. The molecular formula is C12H15N3O. The smallest absolute Gasteiger partial charge is 0.315 e. The van der Waals surface area contributed by atoms with Crippen LogP contribution >= 0.6 is 0 Å². The number of nitrogens with zero attached hydrogens (tertiary/aromatic N) is 2. The summed E-state index contributed by atoms with van der Waals surface area (Å²) in [7, 11) is 0. The van der Waals surface area contributed by atoms with Crippen LogP contribution in [0.3, 0.4) is 0 Å². The van der Waals surface area contributed by atoms with Gasteiger partial charge in [0, 0.05) is 13.5 Å². The van der Waals surface area contributed by atoms with E-state index in [1.165, 1.54) is 16.7 Å². The van der Waals surface area contributed by atoms with Crippen LogP contribution in [0.25, 0.3) is 0 Å². The fourth-order valence-electron chi connectivity index (χ4n) is 1.53. The van der Waals surface area contributed by atoms with Crippen LogP contribution in [0, 0.1) is 20.8 Å². The number of hydrogen-bond donors (Lipinski definition) is 1. The number of aryl methyl sites for hydroxylation is 3. The van der Waals surface area contributed by atoms with Crippen molar-refractivity contribution in [2.24, 2.45) is 0 Å². The molecule has 0 aliphatic heterocycles. The molecule has 1 heterocycles. The van der Waals surface area contributed by atoms with Gasteiger partial charge in [-0.05, 0) is 25.0 Å². The summed E-state index contributed by atoms with van der Waals surface area (Å²) in [5.41, 5.74) is 3.76. The van der Waals surface area contributed by atoms with Gasteiger partial charge < -0.3 is 9.73 Å². The van der Waals surface area contributed by atoms with Gasteiger partial charge in [-0.25, -0.2) is 0 Å². The van der Waals surface area contributed by atoms with Crippen LogP contribution < -0.4 is 5.32 Å². The molecule has 0 unspecified atom stereocenters. The number of aromatic nitrogens is 2. The topological polar surface area (TPSA) is 51.0 Å². The summed E-state index contributed by atoms with van der Waals surface area (Å²) in [5.74, 6) is 0.573. The third kappa shape index (κ3) is 2.39. The van der Waals surface area contributed by atoms with Gasteiger partial charge in [0.15, 0.2) is 0 Å². The average molecular weight is 217 g/mol. The Hall–Kier alpha value is -1.84. The fraction of sp³-hybridized carbons (Fsp3) is 0.333. The van der Waals surface area contributed by atoms with E-state index in [4.69, 9.17) is 4.42 Å². The Bertz CT molecular complexity index is 491. The summed E-state index contributed by atoms with van der Waals surface area (Å²) in [4.78, 5) is 0. The summed E-state index contributed by atoms with van der Waals surface area (Å²) in [6, 6.07) is 6.85. The molecule has 0 amide bonds. The molecule has 0 aliphatic carbocycles. The maximum Gasteiger partial charge on any atom is 0.315 e. The molecule has 0 saturated carbocycles. The predicted octanol–water partition coefficient (Wildman–Crippen LogP) is 2.61. The lowest BCUT2D eigenvalue weighted by atomic mass is 10.1. The molecule has 0 radical (unpaired) electrons. The van der Waals surface area contributed by atoms with Crippen molar-refractivity contribution in [2.45, 2.75) is 27.3 Å². The second-order valence-corrected chi connectivity index (χ2v) is 3.91. The van der Waals surface area contributed by atoms with Crippen molar-refractivity contribution < 1.29 is 4.42 Å². The Balaban J connectivity index is 2.07. The molecule has 2 aromatic rings. The minimum Gasteiger partial charge on any atom is -0.408 e. The van der Waals surface area contributed by atoms with Gasteiger partial charge in [0.1, 0.15) is 0 Å². The zero-order chi connectivity index (χ0) is 11.5. The molecule has 0 aliphatic rings. The summed E-state index contributed by atoms with van der Waals surface area (Å²) >= 11 is 0. The van der Waals surface area contributed by atoms with E-state index in [9.17, 15) is 0 Å². The Labute approximate surface area is 94.7 Å². The number of nitrogens with one attached hydrogen (secondary N) is 1. The molecular weight excluding hydrogens is 202 g/mol. The summed E-state index contributed by atoms with van der Waals surface area (Å²) < 4.78 is 5.24. The quantitative estimate of drug-likeness (QED) is 0.858. The van der Waals surface area contributed by atoms with Crippen LogP contribution in [0.15, 0.2) is 22.6 Å². The molecule has 0 fully saturated rings. The largest absolute Gasteiger partial charge is 0.408 e. The van der Waals surface area contributed by atoms with E-state index in [1.54, 1.807) is 6.92 Å². The SMILES string of the molecule is Cc1ccc(C)c(CNc2nnc(C)o2)c1. The molecule has 0 atom stereocenters. The van der Waals surface area contributed by atoms with Crippen LogP contribution in [0.1, 0.15) is 22.6 Å². The molecule has 16 heavy (non-hydrogen) atoms. The monoisotopic (exact) mass is 217 g/mol. The number of benzene rings is 1. The molecule has 4 nitrogen and oxygen atoms in total. The summed E-state index contributed by atoms with van der Waals surface area (Å²) in [5, 5.41) is 10.8. The Morgan fingerprint density at radius 1 is 1.19 bits per heavy atom. The Morgan fingerprint density at radius 2 is 2.00 bits per heavy atom. The minimum atomic E-state index is 0.471. The fourth-order valence-corrected chi connectivity index (χ4v) is 1.53. The van der Waals surface area contributed by atoms with Crippen molar-refractivity contribution in [3.8, 4) is 0 Å². The molecule has 1 aromatic carbocycles. The van der Waals surface area contributed by atoms with Gasteiger partial charge in [-0.15, -0.1) is 5.10 Å². The van der Waals surface area contributed by atoms with Crippen molar-refractivity contribution in [1.82, 2.24) is 10.2 Å². The first-order valence-electron chi connectivity index (χ1n) is 5.25. The molecule has 4 heteroatoms. The molecule has 1 aromatic heterocycles. The maximum absolute atomic E-state index is 5.24. The lowest BCUT2D eigenvalue weighted by Crippen LogP contribution is -2.01. The van der Waals surface area contributed by atoms with E-state index in [-0.39, 0.29) is 0 Å². The number of anilines is 1. The van der Waals surface area contributed by atoms with Crippen molar-refractivity contribution in [1.29, 1.82) is 0 Å². The normalized spacial score (nSPS) is 10.4. The van der Waals surface area contributed by atoms with Gasteiger partial charge in [0.05, 0.1) is 0 Å². The van der Waals surface area contributed by atoms with Crippen molar-refractivity contribution in [3.05, 3.63) is 40.8 Å². The zero-order valence-corrected chi connectivity index (χ0v) is 9.74. The number of hydrogen-bond acceptors (Lipinski definition) is 4. The lowest BCUT2D eigenvalue weighted by molar-refractivity contribution is 0.530. The van der Waals surface area contributed by atoms with E-state index in [0.29, 0.717) is 18.5 Å². The summed E-state index contributed by atoms with van der Waals surface area (Å²) in [6.45, 7) is 6.65. The van der Waals surface area contributed by atoms with Crippen molar-refractivity contribution in [3.63, 3.8) is 0 Å². The van der Waals surface area contributed by atoms with E-state index in [2.05, 4.69) is 47.6 Å². The zero-order valence-electron chi connectivity index (χ0n) is 9.74. The highest BCUT2D eigenvalue weighted by Crippen LogP contribution is 2.13. The predicted molar refractivity (Wildman–Crippen MR) is 62.3 cm³/mol. The van der Waals surface area contributed by atoms with Crippen molar-refractivity contribution >= 4 is 6.01 Å². The average Bonchev–Trinajstić information content (AvgIpc) is 2.66. The van der Waals surface area contributed by atoms with Crippen LogP contribution in [-0.2, 0) is 6.54 Å². The highest BCUT2D eigenvalue weighted by atomic mass is 16.4. The molecule has 1 N–H and O–H groups in total.